The van der Waals surface area contributed by atoms with Crippen molar-refractivity contribution in [3.05, 3.63) is 188 Å². The van der Waals surface area contributed by atoms with Crippen LogP contribution in [0.4, 0.5) is 0 Å². The summed E-state index contributed by atoms with van der Waals surface area (Å²) in [5.74, 6) is 1.90. The lowest BCUT2D eigenvalue weighted by atomic mass is 9.94. The number of hydrogen-bond acceptors (Lipinski definition) is 4. The Morgan fingerprint density at radius 1 is 0.264 bits per heavy atom. The normalized spacial score (nSPS) is 11.4. The predicted octanol–water partition coefficient (Wildman–Crippen LogP) is 12.9. The lowest BCUT2D eigenvalue weighted by Crippen LogP contribution is -2.00. The van der Waals surface area contributed by atoms with Gasteiger partial charge in [-0.05, 0) is 39.3 Å². The maximum atomic E-state index is 6.72. The molecule has 0 amide bonds. The zero-order valence-corrected chi connectivity index (χ0v) is 28.6. The highest BCUT2D eigenvalue weighted by molar-refractivity contribution is 6.20. The smallest absolute Gasteiger partial charge is 0.164 e. The van der Waals surface area contributed by atoms with Crippen LogP contribution in [-0.2, 0) is 0 Å². The van der Waals surface area contributed by atoms with E-state index in [4.69, 9.17) is 19.4 Å². The molecule has 0 aliphatic carbocycles. The molecule has 0 saturated heterocycles. The van der Waals surface area contributed by atoms with Crippen molar-refractivity contribution in [2.75, 3.05) is 0 Å². The van der Waals surface area contributed by atoms with Gasteiger partial charge in [0.05, 0.1) is 0 Å². The third-order valence-electron chi connectivity index (χ3n) is 9.96. The van der Waals surface area contributed by atoms with E-state index in [1.807, 2.05) is 42.5 Å². The van der Waals surface area contributed by atoms with E-state index < -0.39 is 0 Å². The topological polar surface area (TPSA) is 51.8 Å². The van der Waals surface area contributed by atoms with E-state index in [0.29, 0.717) is 17.5 Å². The van der Waals surface area contributed by atoms with Gasteiger partial charge in [0.25, 0.3) is 0 Å². The van der Waals surface area contributed by atoms with E-state index in [2.05, 4.69) is 146 Å². The van der Waals surface area contributed by atoms with E-state index in [-0.39, 0.29) is 0 Å². The average Bonchev–Trinajstić information content (AvgIpc) is 3.63. The van der Waals surface area contributed by atoms with Crippen LogP contribution in [-0.4, -0.2) is 15.0 Å². The summed E-state index contributed by atoms with van der Waals surface area (Å²) < 4.78 is 6.72. The van der Waals surface area contributed by atoms with Crippen LogP contribution in [0.3, 0.4) is 0 Å². The number of para-hydroxylation sites is 1. The van der Waals surface area contributed by atoms with E-state index in [9.17, 15) is 0 Å². The van der Waals surface area contributed by atoms with E-state index >= 15 is 0 Å². The minimum Gasteiger partial charge on any atom is -0.455 e. The standard InChI is InChI=1S/C49H31N3O/c1-4-13-32(14-5-1)33-23-27-37(28-24-33)48-50-47(36-17-8-3-9-18-36)51-49(52-48)38-29-25-35(26-30-38)43-31-44-42-22-12-21-39(34-15-6-2-7-16-34)45(42)53-46(44)41-20-11-10-19-40(41)43/h1-31H. The van der Waals surface area contributed by atoms with Gasteiger partial charge in [0.1, 0.15) is 11.2 Å². The minimum absolute atomic E-state index is 0.627. The fourth-order valence-electron chi connectivity index (χ4n) is 7.30. The van der Waals surface area contributed by atoms with Crippen molar-refractivity contribution in [2.24, 2.45) is 0 Å². The van der Waals surface area contributed by atoms with Crippen LogP contribution in [0.1, 0.15) is 0 Å². The molecule has 0 atom stereocenters. The van der Waals surface area contributed by atoms with E-state index in [1.54, 1.807) is 0 Å². The van der Waals surface area contributed by atoms with Gasteiger partial charge in [-0.25, -0.2) is 15.0 Å². The summed E-state index contributed by atoms with van der Waals surface area (Å²) in [6.45, 7) is 0. The molecule has 0 radical (unpaired) electrons. The Morgan fingerprint density at radius 3 is 1.26 bits per heavy atom. The van der Waals surface area contributed by atoms with Crippen molar-refractivity contribution in [3.8, 4) is 67.5 Å². The number of rotatable bonds is 6. The van der Waals surface area contributed by atoms with Gasteiger partial charge in [0, 0.05) is 38.4 Å². The van der Waals surface area contributed by atoms with Gasteiger partial charge in [-0.15, -0.1) is 0 Å². The van der Waals surface area contributed by atoms with Crippen molar-refractivity contribution >= 4 is 32.7 Å². The highest BCUT2D eigenvalue weighted by atomic mass is 16.3. The SMILES string of the molecule is c1ccc(-c2ccc(-c3nc(-c4ccccc4)nc(-c4ccc(-c5cc6c7cccc(-c8ccccc8)c7oc6c6ccccc56)cc4)n3)cc2)cc1. The van der Waals surface area contributed by atoms with Gasteiger partial charge in [-0.1, -0.05) is 182 Å². The average molecular weight is 678 g/mol. The molecular weight excluding hydrogens is 647 g/mol. The summed E-state index contributed by atoms with van der Waals surface area (Å²) >= 11 is 0. The molecule has 10 rings (SSSR count). The number of benzene rings is 8. The Kier molecular flexibility index (Phi) is 7.43. The Bertz CT molecular complexity index is 2900. The van der Waals surface area contributed by atoms with Gasteiger partial charge in [-0.2, -0.15) is 0 Å². The number of furan rings is 1. The minimum atomic E-state index is 0.627. The van der Waals surface area contributed by atoms with Crippen LogP contribution < -0.4 is 0 Å². The summed E-state index contributed by atoms with van der Waals surface area (Å²) in [6, 6.07) is 65.1. The molecule has 10 aromatic rings. The first-order chi connectivity index (χ1) is 26.3. The van der Waals surface area contributed by atoms with Crippen LogP contribution in [0.15, 0.2) is 192 Å². The molecule has 0 saturated carbocycles. The first kappa shape index (κ1) is 30.6. The molecule has 248 valence electrons. The monoisotopic (exact) mass is 677 g/mol. The molecule has 8 aromatic carbocycles. The van der Waals surface area contributed by atoms with Gasteiger partial charge >= 0.3 is 0 Å². The highest BCUT2D eigenvalue weighted by Crippen LogP contribution is 2.42. The van der Waals surface area contributed by atoms with Crippen LogP contribution in [0.25, 0.3) is 100 Å². The fraction of sp³-hybridized carbons (Fsp3) is 0. The molecule has 53 heavy (non-hydrogen) atoms. The van der Waals surface area contributed by atoms with Crippen molar-refractivity contribution < 1.29 is 4.42 Å². The molecule has 0 spiro atoms. The van der Waals surface area contributed by atoms with Crippen molar-refractivity contribution in [3.63, 3.8) is 0 Å². The van der Waals surface area contributed by atoms with Crippen molar-refractivity contribution in [1.29, 1.82) is 0 Å². The maximum absolute atomic E-state index is 6.72. The van der Waals surface area contributed by atoms with Gasteiger partial charge in [0.15, 0.2) is 17.5 Å². The molecule has 4 nitrogen and oxygen atoms in total. The lowest BCUT2D eigenvalue weighted by Gasteiger charge is -2.11. The summed E-state index contributed by atoms with van der Waals surface area (Å²) in [4.78, 5) is 14.9. The predicted molar refractivity (Wildman–Crippen MR) is 217 cm³/mol. The fourth-order valence-corrected chi connectivity index (χ4v) is 7.30. The van der Waals surface area contributed by atoms with Crippen LogP contribution in [0.2, 0.25) is 0 Å². The molecular formula is C49H31N3O. The molecule has 0 bridgehead atoms. The molecule has 2 heterocycles. The Hall–Kier alpha value is -7.17. The van der Waals surface area contributed by atoms with E-state index in [1.165, 1.54) is 5.56 Å². The number of hydrogen-bond donors (Lipinski definition) is 0. The second kappa shape index (κ2) is 12.9. The Balaban J connectivity index is 1.08. The van der Waals surface area contributed by atoms with Gasteiger partial charge in [-0.3, -0.25) is 0 Å². The van der Waals surface area contributed by atoms with Gasteiger partial charge < -0.3 is 4.42 Å². The molecule has 0 fully saturated rings. The molecule has 4 heteroatoms. The number of fused-ring (bicyclic) bond motifs is 5. The third-order valence-corrected chi connectivity index (χ3v) is 9.96. The Morgan fingerprint density at radius 2 is 0.660 bits per heavy atom. The summed E-state index contributed by atoms with van der Waals surface area (Å²) in [5, 5.41) is 4.43. The second-order valence-corrected chi connectivity index (χ2v) is 13.2. The van der Waals surface area contributed by atoms with Crippen LogP contribution >= 0.6 is 0 Å². The largest absolute Gasteiger partial charge is 0.455 e. The first-order valence-corrected chi connectivity index (χ1v) is 17.8. The van der Waals surface area contributed by atoms with E-state index in [0.717, 1.165) is 77.2 Å². The maximum Gasteiger partial charge on any atom is 0.164 e. The molecule has 0 aliphatic rings. The van der Waals surface area contributed by atoms with Gasteiger partial charge in [0.2, 0.25) is 0 Å². The lowest BCUT2D eigenvalue weighted by molar-refractivity contribution is 0.674. The second-order valence-electron chi connectivity index (χ2n) is 13.2. The number of aromatic nitrogens is 3. The highest BCUT2D eigenvalue weighted by Gasteiger charge is 2.18. The zero-order chi connectivity index (χ0) is 35.1. The summed E-state index contributed by atoms with van der Waals surface area (Å²) in [7, 11) is 0. The molecule has 2 aromatic heterocycles. The molecule has 0 N–H and O–H groups in total. The summed E-state index contributed by atoms with van der Waals surface area (Å²) in [6.07, 6.45) is 0. The Labute approximate surface area is 306 Å². The quantitative estimate of drug-likeness (QED) is 0.176. The third kappa shape index (κ3) is 5.54. The molecule has 0 aliphatic heterocycles. The number of nitrogens with zero attached hydrogens (tertiary/aromatic N) is 3. The van der Waals surface area contributed by atoms with Crippen molar-refractivity contribution in [1.82, 2.24) is 15.0 Å². The van der Waals surface area contributed by atoms with Crippen LogP contribution in [0, 0.1) is 0 Å². The first-order valence-electron chi connectivity index (χ1n) is 17.8. The van der Waals surface area contributed by atoms with Crippen LogP contribution in [0.5, 0.6) is 0 Å². The van der Waals surface area contributed by atoms with Crippen molar-refractivity contribution in [2.45, 2.75) is 0 Å². The summed E-state index contributed by atoms with van der Waals surface area (Å²) in [5.41, 5.74) is 11.4. The molecule has 0 unspecified atom stereocenters. The zero-order valence-electron chi connectivity index (χ0n) is 28.6.